The van der Waals surface area contributed by atoms with Crippen LogP contribution in [0.25, 0.3) is 5.69 Å². The van der Waals surface area contributed by atoms with E-state index in [0.717, 1.165) is 37.8 Å². The molecule has 1 unspecified atom stereocenters. The van der Waals surface area contributed by atoms with Crippen LogP contribution >= 0.6 is 0 Å². The van der Waals surface area contributed by atoms with Gasteiger partial charge in [0.05, 0.1) is 36.1 Å². The zero-order chi connectivity index (χ0) is 20.7. The van der Waals surface area contributed by atoms with Crippen LogP contribution in [-0.4, -0.2) is 34.5 Å². The Balaban J connectivity index is 2.00. The molecule has 1 aromatic carbocycles. The van der Waals surface area contributed by atoms with Crippen molar-refractivity contribution in [3.05, 3.63) is 48.0 Å². The van der Waals surface area contributed by atoms with Crippen molar-refractivity contribution in [3.63, 3.8) is 0 Å². The van der Waals surface area contributed by atoms with E-state index in [9.17, 15) is 0 Å². The van der Waals surface area contributed by atoms with E-state index in [-0.39, 0.29) is 5.60 Å². The van der Waals surface area contributed by atoms with Gasteiger partial charge in [-0.2, -0.15) is 5.10 Å². The van der Waals surface area contributed by atoms with Gasteiger partial charge < -0.3 is 14.2 Å². The number of nitrogens with zero attached hydrogens (tertiary/aromatic N) is 3. The summed E-state index contributed by atoms with van der Waals surface area (Å²) < 4.78 is 20.1. The SMILES string of the molecule is CCCCOc1c/c(=N/C2(OC(C)(C)C)CCCCO2)cnn1-c1ccccc1. The van der Waals surface area contributed by atoms with Crippen molar-refractivity contribution in [1.29, 1.82) is 0 Å². The number of para-hydroxylation sites is 1. The van der Waals surface area contributed by atoms with E-state index in [4.69, 9.17) is 19.2 Å². The van der Waals surface area contributed by atoms with E-state index < -0.39 is 5.91 Å². The fourth-order valence-corrected chi connectivity index (χ4v) is 3.27. The topological polar surface area (TPSA) is 57.9 Å². The minimum atomic E-state index is -0.974. The van der Waals surface area contributed by atoms with Crippen molar-refractivity contribution in [1.82, 2.24) is 9.78 Å². The smallest absolute Gasteiger partial charge is 0.270 e. The number of hydrogen-bond donors (Lipinski definition) is 0. The lowest BCUT2D eigenvalue weighted by molar-refractivity contribution is -0.290. The summed E-state index contributed by atoms with van der Waals surface area (Å²) in [6.07, 6.45) is 6.56. The van der Waals surface area contributed by atoms with Gasteiger partial charge in [-0.25, -0.2) is 9.67 Å². The molecular weight excluding hydrogens is 366 g/mol. The Kier molecular flexibility index (Phi) is 7.09. The molecule has 0 aliphatic carbocycles. The summed E-state index contributed by atoms with van der Waals surface area (Å²) in [4.78, 5) is 4.86. The monoisotopic (exact) mass is 399 g/mol. The van der Waals surface area contributed by atoms with Gasteiger partial charge in [0, 0.05) is 12.5 Å². The first-order valence-corrected chi connectivity index (χ1v) is 10.6. The molecule has 6 heteroatoms. The maximum atomic E-state index is 6.26. The number of unbranched alkanes of at least 4 members (excludes halogenated alkanes) is 1. The quantitative estimate of drug-likeness (QED) is 0.638. The maximum absolute atomic E-state index is 6.26. The molecule has 1 aliphatic heterocycles. The summed E-state index contributed by atoms with van der Waals surface area (Å²) in [6.45, 7) is 9.49. The molecule has 0 N–H and O–H groups in total. The van der Waals surface area contributed by atoms with Crippen molar-refractivity contribution in [2.75, 3.05) is 13.2 Å². The molecule has 0 bridgehead atoms. The van der Waals surface area contributed by atoms with Crippen LogP contribution in [0.2, 0.25) is 0 Å². The van der Waals surface area contributed by atoms with E-state index in [1.54, 1.807) is 10.9 Å². The molecule has 6 nitrogen and oxygen atoms in total. The van der Waals surface area contributed by atoms with Gasteiger partial charge >= 0.3 is 0 Å². The number of benzene rings is 1. The Morgan fingerprint density at radius 3 is 2.66 bits per heavy atom. The Hall–Kier alpha value is -2.18. The average Bonchev–Trinajstić information content (AvgIpc) is 2.68. The zero-order valence-electron chi connectivity index (χ0n) is 18.1. The first-order chi connectivity index (χ1) is 13.9. The van der Waals surface area contributed by atoms with Crippen molar-refractivity contribution in [2.24, 2.45) is 4.99 Å². The summed E-state index contributed by atoms with van der Waals surface area (Å²) in [6, 6.07) is 11.9. The molecule has 0 saturated carbocycles. The number of ether oxygens (including phenoxy) is 3. The van der Waals surface area contributed by atoms with Gasteiger partial charge in [-0.3, -0.25) is 0 Å². The van der Waals surface area contributed by atoms with E-state index in [0.29, 0.717) is 24.5 Å². The summed E-state index contributed by atoms with van der Waals surface area (Å²) >= 11 is 0. The highest BCUT2D eigenvalue weighted by atomic mass is 16.7. The van der Waals surface area contributed by atoms with Gasteiger partial charge in [-0.15, -0.1) is 0 Å². The fourth-order valence-electron chi connectivity index (χ4n) is 3.27. The highest BCUT2D eigenvalue weighted by Gasteiger charge is 2.38. The Bertz CT molecular complexity index is 834. The van der Waals surface area contributed by atoms with Crippen LogP contribution in [0.1, 0.15) is 59.8 Å². The largest absolute Gasteiger partial charge is 0.478 e. The molecule has 1 fully saturated rings. The first kappa shape index (κ1) is 21.5. The summed E-state index contributed by atoms with van der Waals surface area (Å²) in [5.41, 5.74) is 0.577. The van der Waals surface area contributed by atoms with Crippen molar-refractivity contribution in [3.8, 4) is 11.6 Å². The predicted octanol–water partition coefficient (Wildman–Crippen LogP) is 4.62. The highest BCUT2D eigenvalue weighted by Crippen LogP contribution is 2.31. The molecule has 1 saturated heterocycles. The van der Waals surface area contributed by atoms with E-state index >= 15 is 0 Å². The molecule has 1 aromatic heterocycles. The maximum Gasteiger partial charge on any atom is 0.270 e. The third kappa shape index (κ3) is 6.15. The normalized spacial score (nSPS) is 20.6. The molecule has 158 valence electrons. The fraction of sp³-hybridized carbons (Fsp3) is 0.565. The third-order valence-corrected chi connectivity index (χ3v) is 4.51. The van der Waals surface area contributed by atoms with Crippen LogP contribution < -0.4 is 10.1 Å². The molecule has 1 aliphatic rings. The lowest BCUT2D eigenvalue weighted by Crippen LogP contribution is -2.44. The third-order valence-electron chi connectivity index (χ3n) is 4.51. The Morgan fingerprint density at radius 2 is 2.00 bits per heavy atom. The van der Waals surface area contributed by atoms with Crippen LogP contribution in [0.4, 0.5) is 0 Å². The summed E-state index contributed by atoms with van der Waals surface area (Å²) in [5, 5.41) is 5.30. The van der Waals surface area contributed by atoms with Gasteiger partial charge in [0.25, 0.3) is 5.91 Å². The second-order valence-electron chi connectivity index (χ2n) is 8.35. The van der Waals surface area contributed by atoms with Gasteiger partial charge in [0.15, 0.2) is 0 Å². The van der Waals surface area contributed by atoms with Gasteiger partial charge in [-0.1, -0.05) is 31.5 Å². The number of hydrogen-bond acceptors (Lipinski definition) is 5. The van der Waals surface area contributed by atoms with Crippen molar-refractivity contribution in [2.45, 2.75) is 71.3 Å². The summed E-state index contributed by atoms with van der Waals surface area (Å²) in [7, 11) is 0. The molecule has 29 heavy (non-hydrogen) atoms. The predicted molar refractivity (Wildman–Crippen MR) is 113 cm³/mol. The second kappa shape index (κ2) is 9.55. The molecular formula is C23H33N3O3. The first-order valence-electron chi connectivity index (χ1n) is 10.6. The Labute approximate surface area is 173 Å². The van der Waals surface area contributed by atoms with Gasteiger partial charge in [0.2, 0.25) is 5.88 Å². The van der Waals surface area contributed by atoms with Crippen LogP contribution in [0.5, 0.6) is 5.88 Å². The molecule has 2 heterocycles. The molecule has 1 atom stereocenters. The summed E-state index contributed by atoms with van der Waals surface area (Å²) in [5.74, 6) is -0.315. The van der Waals surface area contributed by atoms with Crippen LogP contribution in [-0.2, 0) is 9.47 Å². The van der Waals surface area contributed by atoms with Crippen LogP contribution in [0.3, 0.4) is 0 Å². The highest BCUT2D eigenvalue weighted by molar-refractivity contribution is 5.33. The van der Waals surface area contributed by atoms with E-state index in [1.807, 2.05) is 57.2 Å². The van der Waals surface area contributed by atoms with E-state index in [2.05, 4.69) is 12.0 Å². The van der Waals surface area contributed by atoms with Crippen LogP contribution in [0.15, 0.2) is 47.6 Å². The number of rotatable bonds is 7. The minimum Gasteiger partial charge on any atom is -0.478 e. The molecule has 3 rings (SSSR count). The Morgan fingerprint density at radius 1 is 1.21 bits per heavy atom. The molecule has 0 spiro atoms. The average molecular weight is 400 g/mol. The molecule has 0 amide bonds. The van der Waals surface area contributed by atoms with Crippen LogP contribution in [0, 0.1) is 0 Å². The second-order valence-corrected chi connectivity index (χ2v) is 8.35. The lowest BCUT2D eigenvalue weighted by atomic mass is 10.1. The van der Waals surface area contributed by atoms with Gasteiger partial charge in [0.1, 0.15) is 0 Å². The molecule has 0 radical (unpaired) electrons. The van der Waals surface area contributed by atoms with E-state index in [1.165, 1.54) is 0 Å². The lowest BCUT2D eigenvalue weighted by Gasteiger charge is -2.38. The number of aromatic nitrogens is 2. The zero-order valence-corrected chi connectivity index (χ0v) is 18.1. The standard InChI is InChI=1S/C23H33N3O3/c1-5-6-15-27-21-17-19(18-24-26(21)20-12-8-7-9-13-20)25-23(29-22(2,3)4)14-10-11-16-28-23/h7-9,12-13,17-18H,5-6,10-11,14-16H2,1-4H3/b25-19-. The van der Waals surface area contributed by atoms with Crippen molar-refractivity contribution < 1.29 is 14.2 Å². The van der Waals surface area contributed by atoms with Crippen molar-refractivity contribution >= 4 is 0 Å². The molecule has 2 aromatic rings. The minimum absolute atomic E-state index is 0.368. The van der Waals surface area contributed by atoms with Gasteiger partial charge in [-0.05, 0) is 52.2 Å².